The maximum atomic E-state index is 12.8. The molecule has 0 saturated heterocycles. The molecule has 2 bridgehead atoms. The first-order valence-corrected chi connectivity index (χ1v) is 8.12. The van der Waals surface area contributed by atoms with Gasteiger partial charge in [-0.3, -0.25) is 4.79 Å². The third-order valence-corrected chi connectivity index (χ3v) is 6.20. The second-order valence-corrected chi connectivity index (χ2v) is 8.32. The van der Waals surface area contributed by atoms with E-state index in [9.17, 15) is 4.79 Å². The van der Waals surface area contributed by atoms with Crippen molar-refractivity contribution in [2.75, 3.05) is 0 Å². The minimum Gasteiger partial charge on any atom is -0.294 e. The third kappa shape index (κ3) is 2.09. The highest BCUT2D eigenvalue weighted by molar-refractivity contribution is 6.35. The largest absolute Gasteiger partial charge is 0.294 e. The molecule has 21 heavy (non-hydrogen) atoms. The fraction of sp³-hybridized carbons (Fsp3) is 0.500. The summed E-state index contributed by atoms with van der Waals surface area (Å²) in [6.07, 6.45) is 3.08. The van der Waals surface area contributed by atoms with Gasteiger partial charge in [0.1, 0.15) is 0 Å². The second kappa shape index (κ2) is 4.60. The summed E-state index contributed by atoms with van der Waals surface area (Å²) in [6, 6.07) is 5.42. The number of benzene rings is 1. The molecular formula is C18H20Cl2O. The topological polar surface area (TPSA) is 17.1 Å². The van der Waals surface area contributed by atoms with Crippen LogP contribution in [-0.4, -0.2) is 5.78 Å². The number of hydrogen-bond donors (Lipinski definition) is 0. The van der Waals surface area contributed by atoms with Crippen LogP contribution in [0, 0.1) is 22.7 Å². The quantitative estimate of drug-likeness (QED) is 0.611. The van der Waals surface area contributed by atoms with Gasteiger partial charge >= 0.3 is 0 Å². The average Bonchev–Trinajstić information content (AvgIpc) is 2.36. The van der Waals surface area contributed by atoms with Gasteiger partial charge in [-0.2, -0.15) is 0 Å². The van der Waals surface area contributed by atoms with Crippen molar-refractivity contribution in [3.63, 3.8) is 0 Å². The van der Waals surface area contributed by atoms with Crippen LogP contribution in [0.2, 0.25) is 10.0 Å². The summed E-state index contributed by atoms with van der Waals surface area (Å²) in [5.41, 5.74) is 1.70. The van der Waals surface area contributed by atoms with Gasteiger partial charge in [0.15, 0.2) is 5.78 Å². The lowest BCUT2D eigenvalue weighted by Crippen LogP contribution is -2.61. The Bertz CT molecular complexity index is 655. The van der Waals surface area contributed by atoms with Crippen molar-refractivity contribution in [3.8, 4) is 0 Å². The highest BCUT2D eigenvalue weighted by Crippen LogP contribution is 2.66. The molecule has 3 heteroatoms. The van der Waals surface area contributed by atoms with Crippen molar-refractivity contribution in [2.24, 2.45) is 22.7 Å². The Balaban J connectivity index is 2.08. The van der Waals surface area contributed by atoms with Crippen molar-refractivity contribution in [1.29, 1.82) is 0 Å². The van der Waals surface area contributed by atoms with Gasteiger partial charge in [0.25, 0.3) is 0 Å². The Hall–Kier alpha value is -0.790. The summed E-state index contributed by atoms with van der Waals surface area (Å²) in [5, 5.41) is 1.21. The normalized spacial score (nSPS) is 31.1. The molecule has 0 unspecified atom stereocenters. The van der Waals surface area contributed by atoms with Crippen molar-refractivity contribution in [3.05, 3.63) is 39.4 Å². The molecule has 0 aromatic heterocycles. The highest BCUT2D eigenvalue weighted by Gasteiger charge is 2.63. The van der Waals surface area contributed by atoms with E-state index in [1.54, 1.807) is 6.07 Å². The molecule has 1 aromatic rings. The molecule has 112 valence electrons. The molecule has 3 aliphatic carbocycles. The van der Waals surface area contributed by atoms with E-state index in [0.29, 0.717) is 21.9 Å². The number of rotatable bonds is 1. The van der Waals surface area contributed by atoms with Crippen molar-refractivity contribution in [2.45, 2.75) is 34.1 Å². The van der Waals surface area contributed by atoms with E-state index in [1.807, 2.05) is 18.2 Å². The van der Waals surface area contributed by atoms with Crippen LogP contribution in [0.1, 0.15) is 39.7 Å². The van der Waals surface area contributed by atoms with E-state index >= 15 is 0 Å². The highest BCUT2D eigenvalue weighted by atomic mass is 35.5. The van der Waals surface area contributed by atoms with Gasteiger partial charge in [0.2, 0.25) is 0 Å². The first kappa shape index (κ1) is 15.1. The van der Waals surface area contributed by atoms with Crippen molar-refractivity contribution >= 4 is 35.1 Å². The maximum absolute atomic E-state index is 12.8. The van der Waals surface area contributed by atoms with Crippen LogP contribution < -0.4 is 0 Å². The van der Waals surface area contributed by atoms with Crippen LogP contribution in [0.4, 0.5) is 0 Å². The van der Waals surface area contributed by atoms with Crippen molar-refractivity contribution < 1.29 is 4.79 Å². The standard InChI is InChI=1S/C18H20Cl2O/c1-17(2)13-9-15(17)18(3,4)16(21)12(13)7-10-5-6-11(19)8-14(10)20/h5-8,13,15H,9H2,1-4H3/t13-,15+/m0/s1. The average molecular weight is 323 g/mol. The third-order valence-electron chi connectivity index (χ3n) is 5.64. The minimum atomic E-state index is -0.289. The van der Waals surface area contributed by atoms with Crippen LogP contribution in [0.25, 0.3) is 6.08 Å². The first-order chi connectivity index (χ1) is 9.65. The summed E-state index contributed by atoms with van der Waals surface area (Å²) < 4.78 is 0. The van der Waals surface area contributed by atoms with E-state index in [1.165, 1.54) is 0 Å². The number of carbonyl (C=O) groups excluding carboxylic acids is 1. The predicted molar refractivity (Wildman–Crippen MR) is 88.6 cm³/mol. The molecule has 3 aliphatic rings. The zero-order valence-corrected chi connectivity index (χ0v) is 14.3. The fourth-order valence-corrected chi connectivity index (χ4v) is 4.78. The molecule has 0 N–H and O–H groups in total. The lowest BCUT2D eigenvalue weighted by atomic mass is 9.40. The van der Waals surface area contributed by atoms with Crippen LogP contribution >= 0.6 is 23.2 Å². The molecule has 2 atom stereocenters. The van der Waals surface area contributed by atoms with Gasteiger partial charge < -0.3 is 0 Å². The zero-order chi connectivity index (χ0) is 15.6. The zero-order valence-electron chi connectivity index (χ0n) is 12.8. The van der Waals surface area contributed by atoms with Gasteiger partial charge in [0.05, 0.1) is 0 Å². The number of ketones is 1. The second-order valence-electron chi connectivity index (χ2n) is 7.48. The number of Topliss-reactive ketones (excluding diaryl/α,β-unsaturated/α-hetero) is 1. The van der Waals surface area contributed by atoms with Crippen LogP contribution in [-0.2, 0) is 4.79 Å². The Morgan fingerprint density at radius 1 is 1.19 bits per heavy atom. The van der Waals surface area contributed by atoms with Crippen LogP contribution in [0.5, 0.6) is 0 Å². The number of fused-ring (bicyclic) bond motifs is 2. The molecule has 0 radical (unpaired) electrons. The molecule has 0 amide bonds. The first-order valence-electron chi connectivity index (χ1n) is 7.37. The summed E-state index contributed by atoms with van der Waals surface area (Å²) in [5.74, 6) is 1.09. The van der Waals surface area contributed by atoms with Crippen LogP contribution in [0.3, 0.4) is 0 Å². The van der Waals surface area contributed by atoms with Gasteiger partial charge in [-0.15, -0.1) is 0 Å². The SMILES string of the molecule is CC1(C)C(=O)C(=Cc2ccc(Cl)cc2Cl)[C@@H]2C[C@@H]1C2(C)C. The molecule has 0 aliphatic heterocycles. The van der Waals surface area contributed by atoms with E-state index in [-0.39, 0.29) is 16.6 Å². The lowest BCUT2D eigenvalue weighted by molar-refractivity contribution is -0.155. The number of allylic oxidation sites excluding steroid dienone is 1. The summed E-state index contributed by atoms with van der Waals surface area (Å²) in [4.78, 5) is 12.8. The van der Waals surface area contributed by atoms with Gasteiger partial charge in [-0.25, -0.2) is 0 Å². The number of carbonyl (C=O) groups is 1. The molecule has 1 aromatic carbocycles. The molecule has 3 saturated carbocycles. The molecule has 0 heterocycles. The molecule has 4 rings (SSSR count). The van der Waals surface area contributed by atoms with Gasteiger partial charge in [-0.05, 0) is 53.0 Å². The van der Waals surface area contributed by atoms with E-state index in [4.69, 9.17) is 23.2 Å². The van der Waals surface area contributed by atoms with Gasteiger partial charge in [0, 0.05) is 15.5 Å². The lowest BCUT2D eigenvalue weighted by Gasteiger charge is -2.63. The summed E-state index contributed by atoms with van der Waals surface area (Å²) in [7, 11) is 0. The molecular weight excluding hydrogens is 303 g/mol. The number of hydrogen-bond acceptors (Lipinski definition) is 1. The Kier molecular flexibility index (Phi) is 3.31. The van der Waals surface area contributed by atoms with Gasteiger partial charge in [-0.1, -0.05) is 57.0 Å². The minimum absolute atomic E-state index is 0.183. The monoisotopic (exact) mass is 322 g/mol. The van der Waals surface area contributed by atoms with Crippen molar-refractivity contribution in [1.82, 2.24) is 0 Å². The van der Waals surface area contributed by atoms with E-state index in [2.05, 4.69) is 27.7 Å². The molecule has 0 spiro atoms. The Labute approximate surface area is 136 Å². The fourth-order valence-electron chi connectivity index (χ4n) is 4.32. The predicted octanol–water partition coefficient (Wildman–Crippen LogP) is 5.65. The Morgan fingerprint density at radius 3 is 2.43 bits per heavy atom. The number of halogens is 2. The molecule has 3 fully saturated rings. The maximum Gasteiger partial charge on any atom is 0.165 e. The van der Waals surface area contributed by atoms with E-state index < -0.39 is 0 Å². The summed E-state index contributed by atoms with van der Waals surface area (Å²) in [6.45, 7) is 8.71. The van der Waals surface area contributed by atoms with Crippen LogP contribution in [0.15, 0.2) is 23.8 Å². The Morgan fingerprint density at radius 2 is 1.86 bits per heavy atom. The van der Waals surface area contributed by atoms with E-state index in [0.717, 1.165) is 17.6 Å². The smallest absolute Gasteiger partial charge is 0.165 e. The molecule has 1 nitrogen and oxygen atoms in total. The summed E-state index contributed by atoms with van der Waals surface area (Å²) >= 11 is 12.2.